The molecule has 2 aliphatic rings. The summed E-state index contributed by atoms with van der Waals surface area (Å²) in [7, 11) is 1.71. The number of rotatable bonds is 3. The predicted molar refractivity (Wildman–Crippen MR) is 84.8 cm³/mol. The van der Waals surface area contributed by atoms with E-state index in [9.17, 15) is 0 Å². The largest absolute Gasteiger partial charge is 0.497 e. The fourth-order valence-electron chi connectivity index (χ4n) is 3.86. The van der Waals surface area contributed by atoms with E-state index in [2.05, 4.69) is 27.0 Å². The number of aromatic nitrogens is 2. The second-order valence-corrected chi connectivity index (χ2v) is 6.29. The molecule has 4 nitrogen and oxygen atoms in total. The van der Waals surface area contributed by atoms with Gasteiger partial charge in [0.15, 0.2) is 0 Å². The van der Waals surface area contributed by atoms with Gasteiger partial charge in [0.25, 0.3) is 0 Å². The highest BCUT2D eigenvalue weighted by Crippen LogP contribution is 2.43. The summed E-state index contributed by atoms with van der Waals surface area (Å²) in [6.45, 7) is 2.97. The van der Waals surface area contributed by atoms with Crippen molar-refractivity contribution in [2.75, 3.05) is 7.11 Å². The highest BCUT2D eigenvalue weighted by atomic mass is 16.5. The first-order chi connectivity index (χ1) is 10.7. The van der Waals surface area contributed by atoms with Crippen LogP contribution in [0.1, 0.15) is 41.5 Å². The Morgan fingerprint density at radius 3 is 2.82 bits per heavy atom. The number of methoxy groups -OCH3 is 1. The van der Waals surface area contributed by atoms with Gasteiger partial charge in [-0.3, -0.25) is 4.90 Å². The Morgan fingerprint density at radius 1 is 1.23 bits per heavy atom. The lowest BCUT2D eigenvalue weighted by Crippen LogP contribution is -2.37. The van der Waals surface area contributed by atoms with Gasteiger partial charge in [0.1, 0.15) is 11.6 Å². The molecule has 0 saturated carbocycles. The van der Waals surface area contributed by atoms with Gasteiger partial charge in [-0.25, -0.2) is 9.97 Å². The Kier molecular flexibility index (Phi) is 3.34. The Balaban J connectivity index is 1.59. The van der Waals surface area contributed by atoms with Gasteiger partial charge in [-0.1, -0.05) is 12.1 Å². The maximum Gasteiger partial charge on any atom is 0.125 e. The molecule has 0 N–H and O–H groups in total. The fraction of sp³-hybridized carbons (Fsp3) is 0.444. The second kappa shape index (κ2) is 5.36. The van der Waals surface area contributed by atoms with Crippen molar-refractivity contribution < 1.29 is 4.74 Å². The van der Waals surface area contributed by atoms with Crippen molar-refractivity contribution >= 4 is 0 Å². The van der Waals surface area contributed by atoms with Crippen LogP contribution in [0.4, 0.5) is 0 Å². The summed E-state index contributed by atoms with van der Waals surface area (Å²) in [6, 6.07) is 9.52. The summed E-state index contributed by atoms with van der Waals surface area (Å²) >= 11 is 0. The van der Waals surface area contributed by atoms with E-state index < -0.39 is 0 Å². The lowest BCUT2D eigenvalue weighted by Gasteiger charge is -2.35. The highest BCUT2D eigenvalue weighted by molar-refractivity contribution is 5.31. The van der Waals surface area contributed by atoms with Crippen LogP contribution in [0.25, 0.3) is 0 Å². The van der Waals surface area contributed by atoms with Gasteiger partial charge in [0, 0.05) is 36.8 Å². The third-order valence-corrected chi connectivity index (χ3v) is 4.98. The van der Waals surface area contributed by atoms with Gasteiger partial charge in [0.05, 0.1) is 12.8 Å². The van der Waals surface area contributed by atoms with Gasteiger partial charge in [0.2, 0.25) is 0 Å². The van der Waals surface area contributed by atoms with Gasteiger partial charge in [-0.15, -0.1) is 0 Å². The van der Waals surface area contributed by atoms with Crippen molar-refractivity contribution in [2.45, 2.75) is 44.8 Å². The standard InChI is InChI=1S/C18H21N3O/c1-12-19-10-16-17(20-12)9-14-5-8-18(16)21(14)11-13-3-6-15(22-2)7-4-13/h3-4,6-7,10,14,18H,5,8-9,11H2,1-2H3/t14-,18+/m1/s1. The van der Waals surface area contributed by atoms with Crippen LogP contribution in [0.3, 0.4) is 0 Å². The molecule has 2 atom stereocenters. The molecule has 2 bridgehead atoms. The van der Waals surface area contributed by atoms with Crippen LogP contribution in [0.5, 0.6) is 5.75 Å². The highest BCUT2D eigenvalue weighted by Gasteiger charge is 2.40. The van der Waals surface area contributed by atoms with E-state index in [1.807, 2.05) is 25.3 Å². The molecule has 1 aromatic carbocycles. The minimum atomic E-state index is 0.483. The van der Waals surface area contributed by atoms with E-state index in [0.29, 0.717) is 12.1 Å². The molecule has 0 unspecified atom stereocenters. The monoisotopic (exact) mass is 295 g/mol. The molecular weight excluding hydrogens is 274 g/mol. The van der Waals surface area contributed by atoms with Crippen LogP contribution in [0, 0.1) is 6.92 Å². The summed E-state index contributed by atoms with van der Waals surface area (Å²) in [4.78, 5) is 11.7. The first kappa shape index (κ1) is 13.7. The van der Waals surface area contributed by atoms with Gasteiger partial charge in [-0.2, -0.15) is 0 Å². The summed E-state index contributed by atoms with van der Waals surface area (Å²) in [5.41, 5.74) is 3.95. The van der Waals surface area contributed by atoms with E-state index in [0.717, 1.165) is 24.5 Å². The zero-order valence-corrected chi connectivity index (χ0v) is 13.1. The van der Waals surface area contributed by atoms with E-state index >= 15 is 0 Å². The van der Waals surface area contributed by atoms with Crippen LogP contribution >= 0.6 is 0 Å². The number of fused-ring (bicyclic) bond motifs is 4. The van der Waals surface area contributed by atoms with Crippen molar-refractivity contribution in [1.29, 1.82) is 0 Å². The number of nitrogens with zero attached hydrogens (tertiary/aromatic N) is 3. The SMILES string of the molecule is COc1ccc(CN2[C@@H]3CC[C@H]2c2cnc(C)nc2C3)cc1. The average molecular weight is 295 g/mol. The number of ether oxygens (including phenoxy) is 1. The van der Waals surface area contributed by atoms with Crippen molar-refractivity contribution in [2.24, 2.45) is 0 Å². The Hall–Kier alpha value is -1.94. The second-order valence-electron chi connectivity index (χ2n) is 6.29. The van der Waals surface area contributed by atoms with Gasteiger partial charge >= 0.3 is 0 Å². The summed E-state index contributed by atoms with van der Waals surface area (Å²) < 4.78 is 5.24. The van der Waals surface area contributed by atoms with Crippen LogP contribution < -0.4 is 4.74 Å². The van der Waals surface area contributed by atoms with E-state index in [1.54, 1.807) is 7.11 Å². The fourth-order valence-corrected chi connectivity index (χ4v) is 3.86. The Bertz CT molecular complexity index is 683. The van der Waals surface area contributed by atoms with E-state index in [-0.39, 0.29) is 0 Å². The van der Waals surface area contributed by atoms with Gasteiger partial charge in [-0.05, 0) is 37.5 Å². The van der Waals surface area contributed by atoms with Crippen LogP contribution in [0.15, 0.2) is 30.5 Å². The van der Waals surface area contributed by atoms with Crippen molar-refractivity contribution in [3.63, 3.8) is 0 Å². The quantitative estimate of drug-likeness (QED) is 0.872. The first-order valence-corrected chi connectivity index (χ1v) is 7.95. The summed E-state index contributed by atoms with van der Waals surface area (Å²) in [6.07, 6.45) is 5.59. The zero-order valence-electron chi connectivity index (χ0n) is 13.1. The first-order valence-electron chi connectivity index (χ1n) is 7.95. The van der Waals surface area contributed by atoms with Crippen molar-refractivity contribution in [1.82, 2.24) is 14.9 Å². The van der Waals surface area contributed by atoms with Gasteiger partial charge < -0.3 is 4.74 Å². The van der Waals surface area contributed by atoms with Crippen molar-refractivity contribution in [3.05, 3.63) is 53.1 Å². The maximum absolute atomic E-state index is 5.24. The molecule has 1 saturated heterocycles. The maximum atomic E-state index is 5.24. The molecule has 0 radical (unpaired) electrons. The molecular formula is C18H21N3O. The molecule has 22 heavy (non-hydrogen) atoms. The molecule has 114 valence electrons. The Morgan fingerprint density at radius 2 is 2.05 bits per heavy atom. The molecule has 2 aliphatic heterocycles. The molecule has 2 aromatic rings. The van der Waals surface area contributed by atoms with E-state index in [1.165, 1.54) is 29.7 Å². The molecule has 0 spiro atoms. The number of hydrogen-bond donors (Lipinski definition) is 0. The topological polar surface area (TPSA) is 38.2 Å². The predicted octanol–water partition coefficient (Wildman–Crippen LogP) is 3.06. The minimum absolute atomic E-state index is 0.483. The molecule has 4 rings (SSSR count). The third kappa shape index (κ3) is 2.28. The molecule has 0 aliphatic carbocycles. The summed E-state index contributed by atoms with van der Waals surface area (Å²) in [5.74, 6) is 1.81. The van der Waals surface area contributed by atoms with Crippen LogP contribution in [-0.4, -0.2) is 28.0 Å². The lowest BCUT2D eigenvalue weighted by molar-refractivity contribution is 0.166. The Labute approximate surface area is 131 Å². The summed E-state index contributed by atoms with van der Waals surface area (Å²) in [5, 5.41) is 0. The minimum Gasteiger partial charge on any atom is -0.497 e. The normalized spacial score (nSPS) is 23.4. The average Bonchev–Trinajstić information content (AvgIpc) is 2.81. The van der Waals surface area contributed by atoms with Crippen LogP contribution in [0.2, 0.25) is 0 Å². The van der Waals surface area contributed by atoms with Crippen LogP contribution in [-0.2, 0) is 13.0 Å². The smallest absolute Gasteiger partial charge is 0.125 e. The molecule has 4 heteroatoms. The number of hydrogen-bond acceptors (Lipinski definition) is 4. The lowest BCUT2D eigenvalue weighted by atomic mass is 9.98. The third-order valence-electron chi connectivity index (χ3n) is 4.98. The zero-order chi connectivity index (χ0) is 15.1. The van der Waals surface area contributed by atoms with Crippen molar-refractivity contribution in [3.8, 4) is 5.75 Å². The molecule has 1 aromatic heterocycles. The van der Waals surface area contributed by atoms with E-state index in [4.69, 9.17) is 4.74 Å². The molecule has 3 heterocycles. The molecule has 0 amide bonds. The number of benzene rings is 1. The number of aryl methyl sites for hydroxylation is 1. The molecule has 1 fully saturated rings.